The summed E-state index contributed by atoms with van der Waals surface area (Å²) in [5.74, 6) is -1.23. The van der Waals surface area contributed by atoms with Crippen LogP contribution in [-0.2, 0) is 40.1 Å². The lowest BCUT2D eigenvalue weighted by Crippen LogP contribution is -2.55. The first-order chi connectivity index (χ1) is 17.9. The zero-order valence-electron chi connectivity index (χ0n) is 21.1. The molecule has 6 nitrogen and oxygen atoms in total. The Balaban J connectivity index is 1.19. The van der Waals surface area contributed by atoms with E-state index < -0.39 is 17.5 Å². The highest BCUT2D eigenvalue weighted by Crippen LogP contribution is 2.35. The molecule has 0 radical (unpaired) electrons. The van der Waals surface area contributed by atoms with Crippen LogP contribution in [0, 0.1) is 0 Å². The van der Waals surface area contributed by atoms with Crippen molar-refractivity contribution in [1.82, 2.24) is 10.6 Å². The van der Waals surface area contributed by atoms with Gasteiger partial charge in [-0.1, -0.05) is 84.9 Å². The maximum atomic E-state index is 12.8. The second-order valence-corrected chi connectivity index (χ2v) is 9.93. The smallest absolute Gasteiger partial charge is 0.252 e. The van der Waals surface area contributed by atoms with E-state index in [4.69, 9.17) is 5.73 Å². The molecule has 3 aromatic carbocycles. The van der Waals surface area contributed by atoms with Gasteiger partial charge in [-0.25, -0.2) is 0 Å². The monoisotopic (exact) mass is 497 g/mol. The molecule has 0 aromatic heterocycles. The third-order valence-corrected chi connectivity index (χ3v) is 6.85. The van der Waals surface area contributed by atoms with Crippen LogP contribution in [0.5, 0.6) is 0 Å². The molecule has 37 heavy (non-hydrogen) atoms. The summed E-state index contributed by atoms with van der Waals surface area (Å²) >= 11 is 0. The number of unbranched alkanes of at least 4 members (excludes halogenated alkanes) is 1. The van der Waals surface area contributed by atoms with Crippen molar-refractivity contribution >= 4 is 17.7 Å². The fourth-order valence-electron chi connectivity index (χ4n) is 4.43. The number of amides is 3. The predicted octanol–water partition coefficient (Wildman–Crippen LogP) is 3.66. The fraction of sp³-hybridized carbons (Fsp3) is 0.323. The molecular formula is C31H35N3O3. The van der Waals surface area contributed by atoms with Crippen LogP contribution >= 0.6 is 0 Å². The van der Waals surface area contributed by atoms with Gasteiger partial charge >= 0.3 is 0 Å². The van der Waals surface area contributed by atoms with Gasteiger partial charge in [0.05, 0.1) is 12.5 Å². The molecule has 0 spiro atoms. The summed E-state index contributed by atoms with van der Waals surface area (Å²) in [5.41, 5.74) is 9.41. The van der Waals surface area contributed by atoms with Crippen molar-refractivity contribution in [2.24, 2.45) is 5.73 Å². The zero-order valence-corrected chi connectivity index (χ0v) is 21.1. The average molecular weight is 498 g/mol. The maximum absolute atomic E-state index is 12.8. The highest BCUT2D eigenvalue weighted by atomic mass is 16.2. The van der Waals surface area contributed by atoms with Crippen LogP contribution in [0.2, 0.25) is 0 Å². The lowest BCUT2D eigenvalue weighted by Gasteiger charge is -2.19. The molecule has 6 heteroatoms. The molecule has 1 saturated carbocycles. The van der Waals surface area contributed by atoms with Gasteiger partial charge in [0.25, 0.3) is 5.91 Å². The van der Waals surface area contributed by atoms with Gasteiger partial charge in [-0.15, -0.1) is 0 Å². The van der Waals surface area contributed by atoms with Crippen molar-refractivity contribution in [2.45, 2.75) is 62.9 Å². The summed E-state index contributed by atoms with van der Waals surface area (Å²) in [5, 5.41) is 5.23. The summed E-state index contributed by atoms with van der Waals surface area (Å²) in [6, 6.07) is 27.2. The van der Waals surface area contributed by atoms with Gasteiger partial charge in [-0.05, 0) is 67.2 Å². The van der Waals surface area contributed by atoms with Crippen LogP contribution in [-0.4, -0.2) is 29.3 Å². The minimum absolute atomic E-state index is 0.109. The van der Waals surface area contributed by atoms with E-state index in [-0.39, 0.29) is 18.2 Å². The Hall–Kier alpha value is -3.77. The van der Waals surface area contributed by atoms with E-state index in [9.17, 15) is 14.4 Å². The first-order valence-electron chi connectivity index (χ1n) is 13.0. The van der Waals surface area contributed by atoms with Gasteiger partial charge in [0.1, 0.15) is 5.54 Å². The van der Waals surface area contributed by atoms with Crippen LogP contribution in [0.3, 0.4) is 0 Å². The first-order valence-corrected chi connectivity index (χ1v) is 13.0. The number of carbonyl (C=O) groups is 3. The Morgan fingerprint density at radius 3 is 1.81 bits per heavy atom. The molecule has 3 aromatic rings. The predicted molar refractivity (Wildman–Crippen MR) is 145 cm³/mol. The molecule has 1 atom stereocenters. The Morgan fingerprint density at radius 1 is 0.730 bits per heavy atom. The van der Waals surface area contributed by atoms with Crippen LogP contribution in [0.15, 0.2) is 84.9 Å². The maximum Gasteiger partial charge on any atom is 0.252 e. The average Bonchev–Trinajstić information content (AvgIpc) is 3.69. The summed E-state index contributed by atoms with van der Waals surface area (Å²) < 4.78 is 0. The van der Waals surface area contributed by atoms with Crippen molar-refractivity contribution in [3.8, 4) is 0 Å². The van der Waals surface area contributed by atoms with Gasteiger partial charge in [-0.3, -0.25) is 19.7 Å². The van der Waals surface area contributed by atoms with E-state index in [0.29, 0.717) is 19.3 Å². The minimum atomic E-state index is -1.04. The molecule has 4 N–H and O–H groups in total. The zero-order chi connectivity index (χ0) is 26.1. The molecule has 0 heterocycles. The fourth-order valence-corrected chi connectivity index (χ4v) is 4.43. The molecule has 1 aliphatic carbocycles. The van der Waals surface area contributed by atoms with Gasteiger partial charge in [0, 0.05) is 0 Å². The van der Waals surface area contributed by atoms with Crippen molar-refractivity contribution < 1.29 is 14.4 Å². The van der Waals surface area contributed by atoms with E-state index in [1.54, 1.807) is 0 Å². The molecule has 192 valence electrons. The molecular weight excluding hydrogens is 462 g/mol. The molecule has 3 amide bonds. The number of nitrogens with one attached hydrogen (secondary N) is 2. The van der Waals surface area contributed by atoms with Crippen molar-refractivity contribution in [3.05, 3.63) is 107 Å². The van der Waals surface area contributed by atoms with E-state index >= 15 is 0 Å². The lowest BCUT2D eigenvalue weighted by molar-refractivity contribution is -0.135. The number of benzene rings is 3. The number of nitrogens with two attached hydrogens (primary N) is 1. The Kier molecular flexibility index (Phi) is 8.86. The number of aryl methyl sites for hydroxylation is 2. The van der Waals surface area contributed by atoms with Crippen molar-refractivity contribution in [3.63, 3.8) is 0 Å². The topological polar surface area (TPSA) is 101 Å². The number of rotatable bonds is 12. The molecule has 4 rings (SSSR count). The van der Waals surface area contributed by atoms with Crippen molar-refractivity contribution in [2.75, 3.05) is 0 Å². The van der Waals surface area contributed by atoms with E-state index in [0.717, 1.165) is 36.8 Å². The third kappa shape index (κ3) is 7.86. The minimum Gasteiger partial charge on any atom is -0.340 e. The van der Waals surface area contributed by atoms with Crippen LogP contribution < -0.4 is 16.4 Å². The van der Waals surface area contributed by atoms with Gasteiger partial charge in [0.15, 0.2) is 0 Å². The van der Waals surface area contributed by atoms with Crippen LogP contribution in [0.25, 0.3) is 0 Å². The van der Waals surface area contributed by atoms with E-state index in [2.05, 4.69) is 34.9 Å². The highest BCUT2D eigenvalue weighted by Gasteiger charge is 2.52. The van der Waals surface area contributed by atoms with Gasteiger partial charge in [-0.2, -0.15) is 0 Å². The summed E-state index contributed by atoms with van der Waals surface area (Å²) in [6.07, 6.45) is 5.78. The molecule has 1 aliphatic rings. The highest BCUT2D eigenvalue weighted by molar-refractivity contribution is 6.04. The Bertz CT molecular complexity index is 1190. The molecule has 0 aliphatic heterocycles. The second kappa shape index (κ2) is 12.5. The molecule has 0 bridgehead atoms. The standard InChI is InChI=1S/C31H35N3O3/c32-27(21-25-13-5-2-6-14-25)29(36)34-31(19-20-31)30(37)33-28(35)22-26-17-15-24(16-18-26)12-8-7-11-23-9-3-1-4-10-23/h1-6,9-10,13-18,27H,7-8,11-12,19-22,32H2,(H,34,36)(H,33,35,37)/t27-/m0/s1. The quantitative estimate of drug-likeness (QED) is 0.333. The Morgan fingerprint density at radius 2 is 1.24 bits per heavy atom. The van der Waals surface area contributed by atoms with Gasteiger partial charge < -0.3 is 11.1 Å². The number of hydrogen-bond acceptors (Lipinski definition) is 4. The number of carbonyl (C=O) groups excluding carboxylic acids is 3. The van der Waals surface area contributed by atoms with Crippen molar-refractivity contribution in [1.29, 1.82) is 0 Å². The molecule has 0 unspecified atom stereocenters. The third-order valence-electron chi connectivity index (χ3n) is 6.85. The molecule has 1 fully saturated rings. The van der Waals surface area contributed by atoms with Crippen LogP contribution in [0.1, 0.15) is 47.9 Å². The molecule has 0 saturated heterocycles. The Labute approximate surface area is 218 Å². The summed E-state index contributed by atoms with van der Waals surface area (Å²) in [6.45, 7) is 0. The second-order valence-electron chi connectivity index (χ2n) is 9.93. The van der Waals surface area contributed by atoms with E-state index in [1.165, 1.54) is 11.1 Å². The first kappa shape index (κ1) is 26.3. The SMILES string of the molecule is N[C@@H](Cc1ccccc1)C(=O)NC1(C(=O)NC(=O)Cc2ccc(CCCCc3ccccc3)cc2)CC1. The number of imide groups is 1. The summed E-state index contributed by atoms with van der Waals surface area (Å²) in [7, 11) is 0. The van der Waals surface area contributed by atoms with E-state index in [1.807, 2.05) is 60.7 Å². The normalized spacial score (nSPS) is 14.4. The lowest BCUT2D eigenvalue weighted by atomic mass is 10.0. The van der Waals surface area contributed by atoms with Crippen LogP contribution in [0.4, 0.5) is 0 Å². The van der Waals surface area contributed by atoms with Gasteiger partial charge in [0.2, 0.25) is 11.8 Å². The number of hydrogen-bond donors (Lipinski definition) is 3. The largest absolute Gasteiger partial charge is 0.340 e. The summed E-state index contributed by atoms with van der Waals surface area (Å²) in [4.78, 5) is 37.9.